The van der Waals surface area contributed by atoms with Crippen molar-refractivity contribution in [3.05, 3.63) is 57.5 Å². The minimum absolute atomic E-state index is 0. The van der Waals surface area contributed by atoms with Crippen LogP contribution in [0.3, 0.4) is 0 Å². The molecule has 0 aliphatic heterocycles. The highest BCUT2D eigenvalue weighted by Crippen LogP contribution is 2.38. The summed E-state index contributed by atoms with van der Waals surface area (Å²) in [6, 6.07) is 3.65. The Labute approximate surface area is 209 Å². The molecule has 0 amide bonds. The fourth-order valence-electron chi connectivity index (χ4n) is 3.04. The summed E-state index contributed by atoms with van der Waals surface area (Å²) in [6.45, 7) is 2.69. The van der Waals surface area contributed by atoms with E-state index in [1.807, 2.05) is 19.1 Å². The van der Waals surface area contributed by atoms with E-state index in [2.05, 4.69) is 25.3 Å². The molecule has 2 heterocycles. The number of imidazole rings is 1. The van der Waals surface area contributed by atoms with E-state index < -0.39 is 0 Å². The Balaban J connectivity index is 0.00000272. The molecule has 0 atom stereocenters. The first kappa shape index (κ1) is 28.5. The second-order valence-corrected chi connectivity index (χ2v) is 7.85. The monoisotopic (exact) mass is 517 g/mol. The molecule has 182 valence electrons. The third kappa shape index (κ3) is 7.48. The quantitative estimate of drug-likeness (QED) is 0.330. The number of aryl methyl sites for hydroxylation is 1. The van der Waals surface area contributed by atoms with E-state index in [-0.39, 0.29) is 30.4 Å². The Kier molecular flexibility index (Phi) is 12.0. The zero-order valence-electron chi connectivity index (χ0n) is 18.9. The van der Waals surface area contributed by atoms with Crippen molar-refractivity contribution in [2.24, 2.45) is 0 Å². The molecular weight excluding hydrogens is 489 g/mol. The summed E-state index contributed by atoms with van der Waals surface area (Å²) in [4.78, 5) is 27.0. The summed E-state index contributed by atoms with van der Waals surface area (Å²) < 4.78 is 16.1. The van der Waals surface area contributed by atoms with Gasteiger partial charge >= 0.3 is 0 Å². The Morgan fingerprint density at radius 2 is 1.76 bits per heavy atom. The smallest absolute Gasteiger partial charge is 0.277 e. The molecule has 9 nitrogen and oxygen atoms in total. The number of halogens is 2. The van der Waals surface area contributed by atoms with E-state index in [1.54, 1.807) is 45.6 Å². The number of anilines is 1. The Hall–Kier alpha value is -2.56. The number of thioether (sulfide) groups is 1. The van der Waals surface area contributed by atoms with Gasteiger partial charge in [-0.15, -0.1) is 24.8 Å². The van der Waals surface area contributed by atoms with E-state index in [1.165, 1.54) is 0 Å². The van der Waals surface area contributed by atoms with Crippen LogP contribution in [0.15, 0.2) is 29.5 Å². The van der Waals surface area contributed by atoms with Crippen LogP contribution >= 0.6 is 36.6 Å². The summed E-state index contributed by atoms with van der Waals surface area (Å²) in [7, 11) is 4.67. The molecule has 12 heteroatoms. The molecule has 3 N–H and O–H groups in total. The van der Waals surface area contributed by atoms with Gasteiger partial charge in [-0.1, -0.05) is 0 Å². The molecule has 1 aromatic carbocycles. The lowest BCUT2D eigenvalue weighted by molar-refractivity contribution is 0.324. The van der Waals surface area contributed by atoms with Crippen LogP contribution < -0.4 is 25.1 Å². The largest absolute Gasteiger partial charge is 0.493 e. The van der Waals surface area contributed by atoms with E-state index >= 15 is 0 Å². The second-order valence-electron chi connectivity index (χ2n) is 6.74. The average molecular weight is 518 g/mol. The maximum Gasteiger partial charge on any atom is 0.277 e. The SMILES string of the molecule is COc1cc(Cc2c[nH]c(NCCSCc3nc[nH]c3C)nc2=O)cc(OC)c1OC.Cl.Cl. The predicted molar refractivity (Wildman–Crippen MR) is 136 cm³/mol. The normalized spacial score (nSPS) is 10.1. The number of H-pyrrole nitrogens is 2. The lowest BCUT2D eigenvalue weighted by atomic mass is 10.1. The highest BCUT2D eigenvalue weighted by molar-refractivity contribution is 7.98. The molecule has 0 saturated heterocycles. The zero-order valence-corrected chi connectivity index (χ0v) is 21.3. The minimum Gasteiger partial charge on any atom is -0.493 e. The van der Waals surface area contributed by atoms with Crippen molar-refractivity contribution < 1.29 is 14.2 Å². The average Bonchev–Trinajstić information content (AvgIpc) is 3.19. The fraction of sp³-hybridized carbons (Fsp3) is 0.381. The molecule has 0 aliphatic carbocycles. The molecule has 0 radical (unpaired) electrons. The van der Waals surface area contributed by atoms with Crippen molar-refractivity contribution in [2.75, 3.05) is 38.9 Å². The molecule has 2 aromatic heterocycles. The third-order valence-corrected chi connectivity index (χ3v) is 5.67. The molecule has 0 fully saturated rings. The number of hydrogen-bond donors (Lipinski definition) is 3. The lowest BCUT2D eigenvalue weighted by Gasteiger charge is -2.14. The number of hydrogen-bond acceptors (Lipinski definition) is 8. The lowest BCUT2D eigenvalue weighted by Crippen LogP contribution is -2.18. The number of aromatic nitrogens is 4. The second kappa shape index (κ2) is 13.9. The molecule has 3 aromatic rings. The van der Waals surface area contributed by atoms with Gasteiger partial charge in [-0.3, -0.25) is 4.79 Å². The molecule has 3 rings (SSSR count). The summed E-state index contributed by atoms with van der Waals surface area (Å²) in [5.41, 5.74) is 3.27. The summed E-state index contributed by atoms with van der Waals surface area (Å²) >= 11 is 1.76. The Morgan fingerprint density at radius 3 is 2.30 bits per heavy atom. The van der Waals surface area contributed by atoms with Gasteiger partial charge in [0.2, 0.25) is 11.7 Å². The first-order chi connectivity index (χ1) is 15.0. The van der Waals surface area contributed by atoms with E-state index in [9.17, 15) is 4.79 Å². The number of nitrogens with zero attached hydrogens (tertiary/aromatic N) is 2. The number of nitrogens with one attached hydrogen (secondary N) is 3. The zero-order chi connectivity index (χ0) is 22.2. The third-order valence-electron chi connectivity index (χ3n) is 4.70. The van der Waals surface area contributed by atoms with Crippen molar-refractivity contribution in [2.45, 2.75) is 19.1 Å². The van der Waals surface area contributed by atoms with Gasteiger partial charge in [-0.2, -0.15) is 16.7 Å². The first-order valence-corrected chi connectivity index (χ1v) is 10.9. The number of ether oxygens (including phenoxy) is 3. The first-order valence-electron chi connectivity index (χ1n) is 9.73. The number of rotatable bonds is 11. The molecule has 0 unspecified atom stereocenters. The number of methoxy groups -OCH3 is 3. The molecule has 0 aliphatic rings. The van der Waals surface area contributed by atoms with Crippen molar-refractivity contribution in [3.63, 3.8) is 0 Å². The van der Waals surface area contributed by atoms with E-state index in [0.29, 0.717) is 41.7 Å². The molecular formula is C21H29Cl2N5O4S. The van der Waals surface area contributed by atoms with E-state index in [0.717, 1.165) is 28.5 Å². The van der Waals surface area contributed by atoms with Gasteiger partial charge in [-0.25, -0.2) is 4.98 Å². The maximum atomic E-state index is 12.5. The Bertz CT molecular complexity index is 1050. The minimum atomic E-state index is -0.283. The van der Waals surface area contributed by atoms with Crippen LogP contribution in [0, 0.1) is 6.92 Å². The van der Waals surface area contributed by atoms with Crippen LogP contribution in [0.4, 0.5) is 5.95 Å². The van der Waals surface area contributed by atoms with Crippen LogP contribution in [0.25, 0.3) is 0 Å². The van der Waals surface area contributed by atoms with Crippen molar-refractivity contribution in [1.82, 2.24) is 19.9 Å². The molecule has 0 saturated carbocycles. The van der Waals surface area contributed by atoms with Crippen LogP contribution in [0.1, 0.15) is 22.5 Å². The van der Waals surface area contributed by atoms with Crippen molar-refractivity contribution in [3.8, 4) is 17.2 Å². The van der Waals surface area contributed by atoms with Gasteiger partial charge in [-0.05, 0) is 24.6 Å². The topological polar surface area (TPSA) is 114 Å². The van der Waals surface area contributed by atoms with E-state index in [4.69, 9.17) is 14.2 Å². The van der Waals surface area contributed by atoms with Crippen LogP contribution in [-0.4, -0.2) is 53.6 Å². The van der Waals surface area contributed by atoms with Crippen LogP contribution in [0.5, 0.6) is 17.2 Å². The highest BCUT2D eigenvalue weighted by Gasteiger charge is 2.14. The predicted octanol–water partition coefficient (Wildman–Crippen LogP) is 3.61. The van der Waals surface area contributed by atoms with Gasteiger partial charge in [0.05, 0.1) is 33.4 Å². The van der Waals surface area contributed by atoms with Gasteiger partial charge in [0.15, 0.2) is 11.5 Å². The highest BCUT2D eigenvalue weighted by atomic mass is 35.5. The maximum absolute atomic E-state index is 12.5. The van der Waals surface area contributed by atoms with Gasteiger partial charge in [0.1, 0.15) is 0 Å². The molecule has 0 spiro atoms. The van der Waals surface area contributed by atoms with Gasteiger partial charge in [0.25, 0.3) is 5.56 Å². The standard InChI is InChI=1S/C21H27N5O4S.2ClH/c1-13-16(25-12-24-13)11-31-6-5-22-21-23-10-15(20(27)26-21)7-14-8-17(28-2)19(30-4)18(9-14)29-3;;/h8-10,12H,5-7,11H2,1-4H3,(H,24,25)(H2,22,23,26,27);2*1H. The summed E-state index contributed by atoms with van der Waals surface area (Å²) in [6.07, 6.45) is 3.77. The molecule has 0 bridgehead atoms. The fourth-order valence-corrected chi connectivity index (χ4v) is 3.92. The van der Waals surface area contributed by atoms with Crippen molar-refractivity contribution >= 4 is 42.5 Å². The van der Waals surface area contributed by atoms with Crippen molar-refractivity contribution in [1.29, 1.82) is 0 Å². The van der Waals surface area contributed by atoms with Crippen LogP contribution in [-0.2, 0) is 12.2 Å². The molecule has 33 heavy (non-hydrogen) atoms. The van der Waals surface area contributed by atoms with Gasteiger partial charge < -0.3 is 29.5 Å². The number of benzene rings is 1. The Morgan fingerprint density at radius 1 is 1.06 bits per heavy atom. The summed E-state index contributed by atoms with van der Waals surface area (Å²) in [5, 5.41) is 3.15. The summed E-state index contributed by atoms with van der Waals surface area (Å²) in [5.74, 6) is 3.76. The van der Waals surface area contributed by atoms with Gasteiger partial charge in [0, 0.05) is 41.9 Å². The number of aromatic amines is 2. The van der Waals surface area contributed by atoms with Crippen LogP contribution in [0.2, 0.25) is 0 Å².